The van der Waals surface area contributed by atoms with Crippen LogP contribution in [0.3, 0.4) is 0 Å². The second kappa shape index (κ2) is 4.83. The number of nitrogen functional groups attached to an aromatic ring is 1. The van der Waals surface area contributed by atoms with Crippen molar-refractivity contribution in [2.75, 3.05) is 5.43 Å². The standard InChI is InChI=1S/C13H12N4OS/c1-8-2-4-9(5-3-8)18-12-11-10(6-7-19-11)15-13(16-12)17-14/h2-7H,14H2,1H3,(H,15,16,17). The fraction of sp³-hybridized carbons (Fsp3) is 0.0769. The summed E-state index contributed by atoms with van der Waals surface area (Å²) in [5, 5.41) is 1.95. The van der Waals surface area contributed by atoms with Gasteiger partial charge in [0.1, 0.15) is 10.4 Å². The summed E-state index contributed by atoms with van der Waals surface area (Å²) in [5.74, 6) is 6.95. The molecule has 0 amide bonds. The molecule has 0 saturated carbocycles. The molecule has 1 aromatic carbocycles. The Bertz CT molecular complexity index is 708. The molecule has 3 N–H and O–H groups in total. The van der Waals surface area contributed by atoms with E-state index in [1.54, 1.807) is 0 Å². The highest BCUT2D eigenvalue weighted by Gasteiger charge is 2.10. The van der Waals surface area contributed by atoms with Gasteiger partial charge in [-0.25, -0.2) is 10.8 Å². The molecule has 0 aliphatic carbocycles. The minimum Gasteiger partial charge on any atom is -0.437 e. The van der Waals surface area contributed by atoms with Gasteiger partial charge in [-0.15, -0.1) is 11.3 Å². The van der Waals surface area contributed by atoms with Gasteiger partial charge in [-0.3, -0.25) is 5.43 Å². The predicted octanol–water partition coefficient (Wildman–Crippen LogP) is 3.08. The van der Waals surface area contributed by atoms with Gasteiger partial charge < -0.3 is 4.74 Å². The molecule has 0 atom stereocenters. The fourth-order valence-corrected chi connectivity index (χ4v) is 2.44. The lowest BCUT2D eigenvalue weighted by Crippen LogP contribution is -2.10. The molecule has 2 aromatic heterocycles. The number of nitrogens with zero attached hydrogens (tertiary/aromatic N) is 2. The first kappa shape index (κ1) is 11.9. The largest absolute Gasteiger partial charge is 0.437 e. The van der Waals surface area contributed by atoms with Crippen LogP contribution in [0.5, 0.6) is 11.6 Å². The van der Waals surface area contributed by atoms with Crippen LogP contribution >= 0.6 is 11.3 Å². The number of hydrogen-bond donors (Lipinski definition) is 2. The summed E-state index contributed by atoms with van der Waals surface area (Å²) in [5.41, 5.74) is 4.44. The normalized spacial score (nSPS) is 10.6. The molecule has 0 radical (unpaired) electrons. The van der Waals surface area contributed by atoms with Crippen molar-refractivity contribution < 1.29 is 4.74 Å². The second-order valence-corrected chi connectivity index (χ2v) is 4.96. The minimum atomic E-state index is 0.341. The van der Waals surface area contributed by atoms with Gasteiger partial charge in [-0.1, -0.05) is 17.7 Å². The first-order chi connectivity index (χ1) is 9.26. The van der Waals surface area contributed by atoms with Crippen LogP contribution in [0, 0.1) is 6.92 Å². The number of nitrogens with one attached hydrogen (secondary N) is 1. The van der Waals surface area contributed by atoms with E-state index >= 15 is 0 Å². The Labute approximate surface area is 114 Å². The zero-order valence-corrected chi connectivity index (χ0v) is 11.1. The van der Waals surface area contributed by atoms with Crippen LogP contribution in [0.1, 0.15) is 5.56 Å². The van der Waals surface area contributed by atoms with Crippen LogP contribution in [-0.2, 0) is 0 Å². The van der Waals surface area contributed by atoms with Gasteiger partial charge in [0.15, 0.2) is 0 Å². The van der Waals surface area contributed by atoms with Crippen molar-refractivity contribution in [1.82, 2.24) is 9.97 Å². The molecular weight excluding hydrogens is 260 g/mol. The summed E-state index contributed by atoms with van der Waals surface area (Å²) in [4.78, 5) is 8.50. The molecule has 0 saturated heterocycles. The Balaban J connectivity index is 2.03. The molecule has 0 aliphatic rings. The molecule has 3 aromatic rings. The highest BCUT2D eigenvalue weighted by atomic mass is 32.1. The van der Waals surface area contributed by atoms with Crippen molar-refractivity contribution in [2.24, 2.45) is 5.84 Å². The summed E-state index contributed by atoms with van der Waals surface area (Å²) in [6.07, 6.45) is 0. The smallest absolute Gasteiger partial charge is 0.242 e. The molecule has 0 aliphatic heterocycles. The fourth-order valence-electron chi connectivity index (χ4n) is 1.69. The van der Waals surface area contributed by atoms with Gasteiger partial charge in [0, 0.05) is 0 Å². The zero-order chi connectivity index (χ0) is 13.2. The third kappa shape index (κ3) is 2.35. The van der Waals surface area contributed by atoms with Crippen molar-refractivity contribution in [3.8, 4) is 11.6 Å². The van der Waals surface area contributed by atoms with Gasteiger partial charge >= 0.3 is 0 Å². The third-order valence-electron chi connectivity index (χ3n) is 2.64. The van der Waals surface area contributed by atoms with E-state index in [1.807, 2.05) is 42.6 Å². The molecule has 5 nitrogen and oxygen atoms in total. The average molecular weight is 272 g/mol. The molecule has 2 heterocycles. The molecule has 6 heteroatoms. The van der Waals surface area contributed by atoms with Gasteiger partial charge in [0.2, 0.25) is 11.8 Å². The van der Waals surface area contributed by atoms with Crippen LogP contribution in [0.15, 0.2) is 35.7 Å². The van der Waals surface area contributed by atoms with E-state index in [9.17, 15) is 0 Å². The molecule has 3 rings (SSSR count). The van der Waals surface area contributed by atoms with E-state index < -0.39 is 0 Å². The van der Waals surface area contributed by atoms with Crippen LogP contribution in [0.2, 0.25) is 0 Å². The van der Waals surface area contributed by atoms with Crippen LogP contribution in [-0.4, -0.2) is 9.97 Å². The number of ether oxygens (including phenoxy) is 1. The van der Waals surface area contributed by atoms with Crippen molar-refractivity contribution in [2.45, 2.75) is 6.92 Å². The van der Waals surface area contributed by atoms with Crippen LogP contribution in [0.25, 0.3) is 10.2 Å². The van der Waals surface area contributed by atoms with Gasteiger partial charge in [0.25, 0.3) is 0 Å². The molecule has 19 heavy (non-hydrogen) atoms. The number of nitrogens with two attached hydrogens (primary N) is 1. The lowest BCUT2D eigenvalue weighted by atomic mass is 10.2. The Morgan fingerprint density at radius 2 is 1.95 bits per heavy atom. The number of fused-ring (bicyclic) bond motifs is 1. The van der Waals surface area contributed by atoms with E-state index in [0.29, 0.717) is 11.8 Å². The maximum atomic E-state index is 5.81. The monoisotopic (exact) mass is 272 g/mol. The summed E-state index contributed by atoms with van der Waals surface area (Å²) in [7, 11) is 0. The number of benzene rings is 1. The minimum absolute atomic E-state index is 0.341. The highest BCUT2D eigenvalue weighted by molar-refractivity contribution is 7.17. The van der Waals surface area contributed by atoms with Crippen molar-refractivity contribution in [1.29, 1.82) is 0 Å². The van der Waals surface area contributed by atoms with Gasteiger partial charge in [-0.05, 0) is 30.5 Å². The molecule has 96 valence electrons. The average Bonchev–Trinajstić information content (AvgIpc) is 2.89. The molecule has 0 unspecified atom stereocenters. The first-order valence-electron chi connectivity index (χ1n) is 5.72. The summed E-state index contributed by atoms with van der Waals surface area (Å²) in [6.45, 7) is 2.03. The van der Waals surface area contributed by atoms with E-state index in [2.05, 4.69) is 15.4 Å². The molecule has 0 bridgehead atoms. The van der Waals surface area contributed by atoms with Gasteiger partial charge in [0.05, 0.1) is 5.52 Å². The van der Waals surface area contributed by atoms with Crippen LogP contribution < -0.4 is 16.0 Å². The second-order valence-electron chi connectivity index (χ2n) is 4.05. The predicted molar refractivity (Wildman–Crippen MR) is 76.5 cm³/mol. The van der Waals surface area contributed by atoms with E-state index in [-0.39, 0.29) is 0 Å². The highest BCUT2D eigenvalue weighted by Crippen LogP contribution is 2.32. The van der Waals surface area contributed by atoms with Crippen molar-refractivity contribution >= 4 is 27.5 Å². The number of aryl methyl sites for hydroxylation is 1. The molecule has 0 fully saturated rings. The maximum absolute atomic E-state index is 5.81. The van der Waals surface area contributed by atoms with Crippen LogP contribution in [0.4, 0.5) is 5.95 Å². The quantitative estimate of drug-likeness (QED) is 0.566. The summed E-state index contributed by atoms with van der Waals surface area (Å²) >= 11 is 1.54. The molecule has 0 spiro atoms. The third-order valence-corrected chi connectivity index (χ3v) is 3.53. The number of hydrazine groups is 1. The number of thiophene rings is 1. The van der Waals surface area contributed by atoms with E-state index in [4.69, 9.17) is 10.6 Å². The van der Waals surface area contributed by atoms with Crippen molar-refractivity contribution in [3.63, 3.8) is 0 Å². The Morgan fingerprint density at radius 1 is 1.16 bits per heavy atom. The van der Waals surface area contributed by atoms with E-state index in [0.717, 1.165) is 16.0 Å². The lowest BCUT2D eigenvalue weighted by molar-refractivity contribution is 0.469. The summed E-state index contributed by atoms with van der Waals surface area (Å²) in [6, 6.07) is 9.71. The number of aromatic nitrogens is 2. The topological polar surface area (TPSA) is 73.1 Å². The first-order valence-corrected chi connectivity index (χ1v) is 6.60. The number of anilines is 1. The Kier molecular flexibility index (Phi) is 3.02. The van der Waals surface area contributed by atoms with E-state index in [1.165, 1.54) is 16.9 Å². The Morgan fingerprint density at radius 3 is 2.68 bits per heavy atom. The SMILES string of the molecule is Cc1ccc(Oc2nc(NN)nc3ccsc23)cc1. The van der Waals surface area contributed by atoms with Crippen molar-refractivity contribution in [3.05, 3.63) is 41.3 Å². The maximum Gasteiger partial charge on any atom is 0.242 e. The molecular formula is C13H12N4OS. The van der Waals surface area contributed by atoms with Gasteiger partial charge in [-0.2, -0.15) is 4.98 Å². The number of rotatable bonds is 3. The number of hydrogen-bond acceptors (Lipinski definition) is 6. The zero-order valence-electron chi connectivity index (χ0n) is 10.3. The lowest BCUT2D eigenvalue weighted by Gasteiger charge is -2.07. The Hall–Kier alpha value is -2.18. The summed E-state index contributed by atoms with van der Waals surface area (Å²) < 4.78 is 6.71.